The maximum absolute atomic E-state index is 14.4. The number of rotatable bonds is 10. The maximum atomic E-state index is 14.4. The van der Waals surface area contributed by atoms with Crippen LogP contribution in [0, 0.1) is 6.92 Å². The highest BCUT2D eigenvalue weighted by Crippen LogP contribution is 2.29. The molecule has 59 heavy (non-hydrogen) atoms. The Bertz CT molecular complexity index is 2060. The fourth-order valence-electron chi connectivity index (χ4n) is 9.68. The summed E-state index contributed by atoms with van der Waals surface area (Å²) in [6.07, 6.45) is 3.41. The molecule has 4 fully saturated rings. The van der Waals surface area contributed by atoms with Gasteiger partial charge in [0.2, 0.25) is 0 Å². The van der Waals surface area contributed by atoms with Crippen LogP contribution >= 0.6 is 0 Å². The average Bonchev–Trinajstić information content (AvgIpc) is 3.80. The summed E-state index contributed by atoms with van der Waals surface area (Å²) in [6, 6.07) is 11.2. The number of morpholine rings is 1. The second-order valence-electron chi connectivity index (χ2n) is 16.6. The molecule has 5 aliphatic heterocycles. The smallest absolute Gasteiger partial charge is 0.419 e. The van der Waals surface area contributed by atoms with E-state index >= 15 is 0 Å². The molecule has 2 aromatic carbocycles. The first-order valence-corrected chi connectivity index (χ1v) is 21.3. The molecule has 16 nitrogen and oxygen atoms in total. The number of carbonyl (C=O) groups is 4. The highest BCUT2D eigenvalue weighted by molar-refractivity contribution is 5.91. The van der Waals surface area contributed by atoms with Gasteiger partial charge in [-0.05, 0) is 87.2 Å². The number of esters is 1. The number of aromatic nitrogens is 1. The lowest BCUT2D eigenvalue weighted by Gasteiger charge is -2.40. The third kappa shape index (κ3) is 9.14. The van der Waals surface area contributed by atoms with E-state index in [1.165, 1.54) is 4.57 Å². The molecule has 8 rings (SSSR count). The van der Waals surface area contributed by atoms with Gasteiger partial charge in [-0.1, -0.05) is 24.3 Å². The SMILES string of the molecule is Cc1cc(C[C@@H](OC(=O)N2CCC(N3CCc4ccccc4NC3=O)CC2)C(=O)N2CCC(N3CCC[C@H]3C(=O)OCCN3CCOCC3)CC2)cc2oc(=O)n(C)c12. The van der Waals surface area contributed by atoms with Gasteiger partial charge in [-0.3, -0.25) is 24.0 Å². The standard InChI is InChI=1S/C43H57N7O9/c1-29-26-30(27-36-38(29)45(2)42(54)58-36)28-37(59-43(55)48-17-12-33(13-18-48)50-19-9-31-6-3-4-7-34(31)44-41(50)53)39(51)47-15-10-32(11-16-47)49-14-5-8-35(49)40(52)57-25-22-46-20-23-56-24-21-46/h3-4,6-7,26-27,32-33,35,37H,5,8-25,28H2,1-2H3,(H,44,53)/t35-,37+/m0/s1. The lowest BCUT2D eigenvalue weighted by Crippen LogP contribution is -2.53. The number of anilines is 1. The minimum Gasteiger partial charge on any atom is -0.463 e. The second kappa shape index (κ2) is 18.1. The van der Waals surface area contributed by atoms with Gasteiger partial charge in [0, 0.05) is 83.6 Å². The van der Waals surface area contributed by atoms with Crippen LogP contribution in [-0.4, -0.2) is 156 Å². The molecule has 0 spiro atoms. The molecule has 1 aromatic heterocycles. The van der Waals surface area contributed by atoms with E-state index in [1.54, 1.807) is 22.9 Å². The predicted octanol–water partition coefficient (Wildman–Crippen LogP) is 3.37. The number of ether oxygens (including phenoxy) is 3. The summed E-state index contributed by atoms with van der Waals surface area (Å²) in [4.78, 5) is 76.9. The van der Waals surface area contributed by atoms with Crippen molar-refractivity contribution in [3.05, 3.63) is 63.6 Å². The summed E-state index contributed by atoms with van der Waals surface area (Å²) in [6.45, 7) is 9.15. The first kappa shape index (κ1) is 40.8. The Morgan fingerprint density at radius 2 is 1.61 bits per heavy atom. The molecule has 3 aromatic rings. The molecule has 4 amide bonds. The van der Waals surface area contributed by atoms with Crippen LogP contribution in [0.2, 0.25) is 0 Å². The van der Waals surface area contributed by atoms with Gasteiger partial charge >= 0.3 is 23.8 Å². The van der Waals surface area contributed by atoms with Crippen molar-refractivity contribution in [2.75, 3.05) is 84.0 Å². The van der Waals surface area contributed by atoms with Crippen LogP contribution in [0.1, 0.15) is 55.2 Å². The van der Waals surface area contributed by atoms with E-state index < -0.39 is 18.0 Å². The van der Waals surface area contributed by atoms with Gasteiger partial charge in [0.15, 0.2) is 11.7 Å². The summed E-state index contributed by atoms with van der Waals surface area (Å²) in [5.41, 5.74) is 4.54. The highest BCUT2D eigenvalue weighted by atomic mass is 16.6. The summed E-state index contributed by atoms with van der Waals surface area (Å²) in [5, 5.41) is 3.05. The number of hydrogen-bond donors (Lipinski definition) is 1. The Morgan fingerprint density at radius 1 is 0.881 bits per heavy atom. The minimum atomic E-state index is -1.11. The topological polar surface area (TPSA) is 159 Å². The molecule has 6 heterocycles. The van der Waals surface area contributed by atoms with Gasteiger partial charge in [-0.2, -0.15) is 0 Å². The highest BCUT2D eigenvalue weighted by Gasteiger charge is 2.40. The Kier molecular flexibility index (Phi) is 12.6. The van der Waals surface area contributed by atoms with Crippen molar-refractivity contribution in [3.8, 4) is 0 Å². The number of urea groups is 1. The molecule has 5 aliphatic rings. The number of oxazole rings is 1. The van der Waals surface area contributed by atoms with Gasteiger partial charge in [0.25, 0.3) is 5.91 Å². The summed E-state index contributed by atoms with van der Waals surface area (Å²) in [7, 11) is 1.65. The Balaban J connectivity index is 0.899. The molecule has 2 atom stereocenters. The number of para-hydroxylation sites is 1. The predicted molar refractivity (Wildman–Crippen MR) is 218 cm³/mol. The second-order valence-corrected chi connectivity index (χ2v) is 16.6. The van der Waals surface area contributed by atoms with Crippen LogP contribution in [0.4, 0.5) is 15.3 Å². The van der Waals surface area contributed by atoms with E-state index in [-0.39, 0.29) is 42.5 Å². The van der Waals surface area contributed by atoms with Crippen molar-refractivity contribution in [3.63, 3.8) is 0 Å². The molecule has 4 saturated heterocycles. The van der Waals surface area contributed by atoms with E-state index in [2.05, 4.69) is 15.1 Å². The zero-order valence-corrected chi connectivity index (χ0v) is 34.3. The number of piperidine rings is 2. The molecule has 1 N–H and O–H groups in total. The van der Waals surface area contributed by atoms with Crippen molar-refractivity contribution < 1.29 is 37.8 Å². The summed E-state index contributed by atoms with van der Waals surface area (Å²) < 4.78 is 24.3. The first-order chi connectivity index (χ1) is 28.6. The monoisotopic (exact) mass is 815 g/mol. The van der Waals surface area contributed by atoms with Gasteiger partial charge in [-0.25, -0.2) is 14.4 Å². The van der Waals surface area contributed by atoms with Crippen LogP contribution in [0.3, 0.4) is 0 Å². The Hall–Kier alpha value is -4.93. The van der Waals surface area contributed by atoms with Gasteiger partial charge < -0.3 is 38.6 Å². The fraction of sp³-hybridized carbons (Fsp3) is 0.605. The molecule has 0 aliphatic carbocycles. The number of hydrogen-bond acceptors (Lipinski definition) is 11. The number of amides is 4. The van der Waals surface area contributed by atoms with Crippen LogP contribution in [0.25, 0.3) is 11.1 Å². The number of nitrogens with zero attached hydrogens (tertiary/aromatic N) is 6. The van der Waals surface area contributed by atoms with Crippen LogP contribution in [0.5, 0.6) is 0 Å². The number of likely N-dealkylation sites (tertiary alicyclic amines) is 3. The molecule has 318 valence electrons. The quantitative estimate of drug-likeness (QED) is 0.299. The summed E-state index contributed by atoms with van der Waals surface area (Å²) >= 11 is 0. The van der Waals surface area contributed by atoms with Crippen molar-refractivity contribution in [1.29, 1.82) is 0 Å². The maximum Gasteiger partial charge on any atom is 0.419 e. The number of nitrogens with one attached hydrogen (secondary N) is 1. The van der Waals surface area contributed by atoms with Crippen molar-refractivity contribution in [2.24, 2.45) is 7.05 Å². The van der Waals surface area contributed by atoms with Crippen LogP contribution < -0.4 is 11.1 Å². The van der Waals surface area contributed by atoms with Crippen molar-refractivity contribution >= 4 is 40.8 Å². The van der Waals surface area contributed by atoms with E-state index in [4.69, 9.17) is 18.6 Å². The normalized spacial score (nSPS) is 21.9. The third-order valence-electron chi connectivity index (χ3n) is 12.9. The third-order valence-corrected chi connectivity index (χ3v) is 12.9. The van der Waals surface area contributed by atoms with Gasteiger partial charge in [0.05, 0.1) is 18.7 Å². The van der Waals surface area contributed by atoms with E-state index in [0.717, 1.165) is 55.7 Å². The fourth-order valence-corrected chi connectivity index (χ4v) is 9.68. The van der Waals surface area contributed by atoms with Crippen LogP contribution in [0.15, 0.2) is 45.6 Å². The van der Waals surface area contributed by atoms with Crippen LogP contribution in [-0.2, 0) is 43.7 Å². The molecule has 0 radical (unpaired) electrons. The van der Waals surface area contributed by atoms with Gasteiger partial charge in [0.1, 0.15) is 12.6 Å². The minimum absolute atomic E-state index is 0.0329. The van der Waals surface area contributed by atoms with Gasteiger partial charge in [-0.15, -0.1) is 0 Å². The number of carbonyl (C=O) groups excluding carboxylic acids is 4. The van der Waals surface area contributed by atoms with Crippen molar-refractivity contribution in [2.45, 2.75) is 82.5 Å². The molecular formula is C43H57N7O9. The molecular weight excluding hydrogens is 759 g/mol. The molecule has 16 heteroatoms. The largest absolute Gasteiger partial charge is 0.463 e. The zero-order chi connectivity index (χ0) is 41.0. The number of fused-ring (bicyclic) bond motifs is 2. The average molecular weight is 816 g/mol. The zero-order valence-electron chi connectivity index (χ0n) is 34.3. The van der Waals surface area contributed by atoms with E-state index in [1.807, 2.05) is 42.2 Å². The number of benzene rings is 2. The molecule has 0 bridgehead atoms. The Morgan fingerprint density at radius 3 is 2.39 bits per heavy atom. The lowest BCUT2D eigenvalue weighted by atomic mass is 9.99. The molecule has 0 unspecified atom stereocenters. The molecule has 0 saturated carbocycles. The van der Waals surface area contributed by atoms with E-state index in [0.29, 0.717) is 101 Å². The summed E-state index contributed by atoms with van der Waals surface area (Å²) in [5.74, 6) is -0.929. The Labute approximate surface area is 344 Å². The van der Waals surface area contributed by atoms with Crippen molar-refractivity contribution in [1.82, 2.24) is 29.1 Å². The lowest BCUT2D eigenvalue weighted by molar-refractivity contribution is -0.151. The number of aryl methyl sites for hydroxylation is 2. The van der Waals surface area contributed by atoms with E-state index in [9.17, 15) is 24.0 Å². The first-order valence-electron chi connectivity index (χ1n) is 21.3.